The summed E-state index contributed by atoms with van der Waals surface area (Å²) in [5.74, 6) is 3.70. The molecule has 26 heavy (non-hydrogen) atoms. The molecule has 2 N–H and O–H groups in total. The Balaban J connectivity index is 1.82. The zero-order valence-electron chi connectivity index (χ0n) is 16.0. The summed E-state index contributed by atoms with van der Waals surface area (Å²) < 4.78 is 15.8. The van der Waals surface area contributed by atoms with Gasteiger partial charge in [0.25, 0.3) is 0 Å². The number of nitrogens with one attached hydrogen (secondary N) is 2. The van der Waals surface area contributed by atoms with Gasteiger partial charge in [0.1, 0.15) is 0 Å². The third-order valence-electron chi connectivity index (χ3n) is 3.73. The average molecular weight is 361 g/mol. The summed E-state index contributed by atoms with van der Waals surface area (Å²) in [5.41, 5.74) is 0.856. The number of aliphatic imine (C=N–C) groups is 1. The fourth-order valence-electron chi connectivity index (χ4n) is 2.28. The van der Waals surface area contributed by atoms with Crippen LogP contribution in [-0.4, -0.2) is 43.9 Å². The Morgan fingerprint density at radius 3 is 2.62 bits per heavy atom. The van der Waals surface area contributed by atoms with Gasteiger partial charge in [-0.15, -0.1) is 0 Å². The molecule has 0 saturated heterocycles. The van der Waals surface area contributed by atoms with Crippen molar-refractivity contribution in [1.29, 1.82) is 0 Å². The molecule has 1 aromatic carbocycles. The number of aryl methyl sites for hydroxylation is 1. The lowest BCUT2D eigenvalue weighted by molar-refractivity contribution is 0.355. The summed E-state index contributed by atoms with van der Waals surface area (Å²) in [7, 11) is 4.94. The lowest BCUT2D eigenvalue weighted by Gasteiger charge is -2.13. The average Bonchev–Trinajstić information content (AvgIpc) is 3.13. The number of benzene rings is 1. The summed E-state index contributed by atoms with van der Waals surface area (Å²) in [6.45, 7) is 4.81. The molecule has 2 aromatic rings. The van der Waals surface area contributed by atoms with Crippen LogP contribution in [0.4, 0.5) is 5.69 Å². The fraction of sp³-hybridized carbons (Fsp3) is 0.500. The van der Waals surface area contributed by atoms with E-state index in [4.69, 9.17) is 14.0 Å². The van der Waals surface area contributed by atoms with Crippen molar-refractivity contribution >= 4 is 11.6 Å². The SMILES string of the molecule is CN=C(NCCCc1nc(C(C)C)no1)Nc1ccc(OC)c(OC)c1. The molecule has 0 spiro atoms. The van der Waals surface area contributed by atoms with Gasteiger partial charge in [-0.2, -0.15) is 4.98 Å². The fourth-order valence-corrected chi connectivity index (χ4v) is 2.28. The van der Waals surface area contributed by atoms with Crippen molar-refractivity contribution in [3.63, 3.8) is 0 Å². The predicted octanol–water partition coefficient (Wildman–Crippen LogP) is 2.83. The van der Waals surface area contributed by atoms with E-state index in [9.17, 15) is 0 Å². The molecule has 0 radical (unpaired) electrons. The van der Waals surface area contributed by atoms with Crippen molar-refractivity contribution < 1.29 is 14.0 Å². The third kappa shape index (κ3) is 5.37. The monoisotopic (exact) mass is 361 g/mol. The molecule has 1 heterocycles. The number of nitrogens with zero attached hydrogens (tertiary/aromatic N) is 3. The minimum absolute atomic E-state index is 0.273. The van der Waals surface area contributed by atoms with Crippen LogP contribution in [0, 0.1) is 0 Å². The van der Waals surface area contributed by atoms with Crippen molar-refractivity contribution in [2.45, 2.75) is 32.6 Å². The van der Waals surface area contributed by atoms with Crippen LogP contribution < -0.4 is 20.1 Å². The Kier molecular flexibility index (Phi) is 7.25. The number of guanidine groups is 1. The zero-order valence-corrected chi connectivity index (χ0v) is 16.0. The molecule has 142 valence electrons. The van der Waals surface area contributed by atoms with Gasteiger partial charge < -0.3 is 24.6 Å². The molecule has 0 unspecified atom stereocenters. The number of aromatic nitrogens is 2. The van der Waals surface area contributed by atoms with E-state index < -0.39 is 0 Å². The second-order valence-corrected chi connectivity index (χ2v) is 6.00. The normalized spacial score (nSPS) is 11.5. The maximum Gasteiger partial charge on any atom is 0.226 e. The van der Waals surface area contributed by atoms with E-state index in [1.165, 1.54) is 0 Å². The Morgan fingerprint density at radius 2 is 2.00 bits per heavy atom. The first kappa shape index (κ1) is 19.6. The molecule has 2 rings (SSSR count). The lowest BCUT2D eigenvalue weighted by atomic mass is 10.2. The quantitative estimate of drug-likeness (QED) is 0.424. The van der Waals surface area contributed by atoms with Crippen molar-refractivity contribution in [3.05, 3.63) is 29.9 Å². The molecule has 0 aliphatic rings. The first-order chi connectivity index (χ1) is 12.6. The molecule has 8 nitrogen and oxygen atoms in total. The highest BCUT2D eigenvalue weighted by molar-refractivity contribution is 5.93. The second-order valence-electron chi connectivity index (χ2n) is 6.00. The Bertz CT molecular complexity index is 727. The minimum Gasteiger partial charge on any atom is -0.493 e. The summed E-state index contributed by atoms with van der Waals surface area (Å²) in [6.07, 6.45) is 1.58. The summed E-state index contributed by atoms with van der Waals surface area (Å²) >= 11 is 0. The highest BCUT2D eigenvalue weighted by Crippen LogP contribution is 2.29. The highest BCUT2D eigenvalue weighted by Gasteiger charge is 2.09. The molecule has 1 aromatic heterocycles. The molecule has 0 aliphatic carbocycles. The van der Waals surface area contributed by atoms with Crippen LogP contribution in [0.1, 0.15) is 37.9 Å². The van der Waals surface area contributed by atoms with Crippen LogP contribution in [0.2, 0.25) is 0 Å². The number of ether oxygens (including phenoxy) is 2. The molecular formula is C18H27N5O3. The number of hydrogen-bond acceptors (Lipinski definition) is 6. The van der Waals surface area contributed by atoms with Crippen LogP contribution in [0.5, 0.6) is 11.5 Å². The van der Waals surface area contributed by atoms with E-state index in [1.807, 2.05) is 32.0 Å². The van der Waals surface area contributed by atoms with E-state index in [0.717, 1.165) is 30.9 Å². The smallest absolute Gasteiger partial charge is 0.226 e. The Morgan fingerprint density at radius 1 is 1.23 bits per heavy atom. The third-order valence-corrected chi connectivity index (χ3v) is 3.73. The molecular weight excluding hydrogens is 334 g/mol. The maximum atomic E-state index is 5.31. The Hall–Kier alpha value is -2.77. The number of rotatable bonds is 8. The maximum absolute atomic E-state index is 5.31. The summed E-state index contributed by atoms with van der Waals surface area (Å²) in [5, 5.41) is 10.5. The topological polar surface area (TPSA) is 93.8 Å². The number of anilines is 1. The first-order valence-electron chi connectivity index (χ1n) is 8.59. The van der Waals surface area contributed by atoms with Crippen LogP contribution >= 0.6 is 0 Å². The second kappa shape index (κ2) is 9.65. The molecule has 0 saturated carbocycles. The molecule has 8 heteroatoms. The lowest BCUT2D eigenvalue weighted by Crippen LogP contribution is -2.31. The van der Waals surface area contributed by atoms with Crippen molar-refractivity contribution in [1.82, 2.24) is 15.5 Å². The largest absolute Gasteiger partial charge is 0.493 e. The number of methoxy groups -OCH3 is 2. The first-order valence-corrected chi connectivity index (χ1v) is 8.59. The predicted molar refractivity (Wildman–Crippen MR) is 101 cm³/mol. The van der Waals surface area contributed by atoms with Crippen molar-refractivity contribution in [2.75, 3.05) is 33.1 Å². The van der Waals surface area contributed by atoms with Gasteiger partial charge in [-0.3, -0.25) is 4.99 Å². The number of hydrogen-bond donors (Lipinski definition) is 2. The summed E-state index contributed by atoms with van der Waals surface area (Å²) in [6, 6.07) is 5.61. The minimum atomic E-state index is 0.273. The van der Waals surface area contributed by atoms with E-state index in [1.54, 1.807) is 21.3 Å². The van der Waals surface area contributed by atoms with Gasteiger partial charge in [0.05, 0.1) is 14.2 Å². The zero-order chi connectivity index (χ0) is 18.9. The van der Waals surface area contributed by atoms with E-state index in [-0.39, 0.29) is 5.92 Å². The molecule has 0 bridgehead atoms. The molecule has 0 atom stereocenters. The van der Waals surface area contributed by atoms with Crippen LogP contribution in [0.15, 0.2) is 27.7 Å². The van der Waals surface area contributed by atoms with Crippen molar-refractivity contribution in [2.24, 2.45) is 4.99 Å². The van der Waals surface area contributed by atoms with Crippen LogP contribution in [0.3, 0.4) is 0 Å². The van der Waals surface area contributed by atoms with E-state index in [2.05, 4.69) is 25.8 Å². The Labute approximate surface area is 154 Å². The van der Waals surface area contributed by atoms with E-state index >= 15 is 0 Å². The van der Waals surface area contributed by atoms with Crippen molar-refractivity contribution in [3.8, 4) is 11.5 Å². The van der Waals surface area contributed by atoms with Gasteiger partial charge in [-0.1, -0.05) is 19.0 Å². The molecule has 0 fully saturated rings. The highest BCUT2D eigenvalue weighted by atomic mass is 16.5. The van der Waals surface area contributed by atoms with Crippen LogP contribution in [0.25, 0.3) is 0 Å². The van der Waals surface area contributed by atoms with E-state index in [0.29, 0.717) is 23.3 Å². The van der Waals surface area contributed by atoms with Gasteiger partial charge in [0.15, 0.2) is 23.3 Å². The van der Waals surface area contributed by atoms with Crippen LogP contribution in [-0.2, 0) is 6.42 Å². The van der Waals surface area contributed by atoms with Gasteiger partial charge in [0.2, 0.25) is 5.89 Å². The standard InChI is InChI=1S/C18H27N5O3/c1-12(2)17-22-16(26-23-17)7-6-10-20-18(19-3)21-13-8-9-14(24-4)15(11-13)25-5/h8-9,11-12H,6-7,10H2,1-5H3,(H2,19,20,21). The van der Waals surface area contributed by atoms with Gasteiger partial charge in [-0.05, 0) is 18.6 Å². The molecule has 0 aliphatic heterocycles. The van der Waals surface area contributed by atoms with Gasteiger partial charge in [0, 0.05) is 37.7 Å². The summed E-state index contributed by atoms with van der Waals surface area (Å²) in [4.78, 5) is 8.60. The molecule has 0 amide bonds. The van der Waals surface area contributed by atoms with Gasteiger partial charge >= 0.3 is 0 Å². The van der Waals surface area contributed by atoms with Gasteiger partial charge in [-0.25, -0.2) is 0 Å².